The van der Waals surface area contributed by atoms with Gasteiger partial charge in [-0.1, -0.05) is 12.1 Å². The van der Waals surface area contributed by atoms with Crippen molar-refractivity contribution in [2.24, 2.45) is 0 Å². The summed E-state index contributed by atoms with van der Waals surface area (Å²) in [6, 6.07) is 4.89. The molecule has 1 aromatic carbocycles. The molecule has 0 unspecified atom stereocenters. The third-order valence-electron chi connectivity index (χ3n) is 5.04. The van der Waals surface area contributed by atoms with Crippen molar-refractivity contribution < 1.29 is 27.8 Å². The summed E-state index contributed by atoms with van der Waals surface area (Å²) in [6.07, 6.45) is -1.60. The Morgan fingerprint density at radius 2 is 1.96 bits per heavy atom. The van der Waals surface area contributed by atoms with E-state index in [1.165, 1.54) is 23.5 Å². The molecule has 0 atom stereocenters. The maximum atomic E-state index is 13.0. The topological polar surface area (TPSA) is 59.4 Å². The number of hydrogen-bond acceptors (Lipinski definition) is 5. The van der Waals surface area contributed by atoms with E-state index in [1.807, 2.05) is 0 Å². The molecule has 2 aliphatic rings. The average molecular weight is 395 g/mol. The molecule has 0 saturated heterocycles. The lowest BCUT2D eigenvalue weighted by Gasteiger charge is -2.21. The van der Waals surface area contributed by atoms with Crippen LogP contribution in [0.4, 0.5) is 13.2 Å². The minimum absolute atomic E-state index is 0.0314. The van der Waals surface area contributed by atoms with Crippen LogP contribution in [0, 0.1) is 6.92 Å². The zero-order chi connectivity index (χ0) is 19.4. The first-order valence-corrected chi connectivity index (χ1v) is 9.35. The predicted octanol–water partition coefficient (Wildman–Crippen LogP) is 5.28. The highest BCUT2D eigenvalue weighted by Crippen LogP contribution is 2.47. The minimum atomic E-state index is -4.45. The number of thiazole rings is 1. The Morgan fingerprint density at radius 1 is 1.26 bits per heavy atom. The van der Waals surface area contributed by atoms with Crippen LogP contribution in [0.5, 0.6) is 0 Å². The smallest absolute Gasteiger partial charge is 0.416 e. The standard InChI is InChI=1S/C19H16F3NO3S/c1-10-14(13-15(24)18(26-17(13)25)7-2-3-8-18)23-16(27-10)11-5-4-6-12(9-11)19(20,21)22/h4-6,9,24H,2-3,7-8H2,1H3. The molecule has 27 heavy (non-hydrogen) atoms. The van der Waals surface area contributed by atoms with Crippen LogP contribution in [0.25, 0.3) is 16.1 Å². The first-order valence-electron chi connectivity index (χ1n) is 8.54. The van der Waals surface area contributed by atoms with E-state index >= 15 is 0 Å². The fourth-order valence-corrected chi connectivity index (χ4v) is 4.59. The Morgan fingerprint density at radius 3 is 2.63 bits per heavy atom. The monoisotopic (exact) mass is 395 g/mol. The van der Waals surface area contributed by atoms with Gasteiger partial charge in [0.2, 0.25) is 0 Å². The second-order valence-corrected chi connectivity index (χ2v) is 8.02. The quantitative estimate of drug-likeness (QED) is 0.703. The summed E-state index contributed by atoms with van der Waals surface area (Å²) < 4.78 is 44.4. The summed E-state index contributed by atoms with van der Waals surface area (Å²) in [5.74, 6) is -0.729. The van der Waals surface area contributed by atoms with E-state index in [4.69, 9.17) is 4.74 Å². The number of ether oxygens (including phenoxy) is 1. The van der Waals surface area contributed by atoms with Gasteiger partial charge in [0.25, 0.3) is 0 Å². The van der Waals surface area contributed by atoms with Gasteiger partial charge in [0.1, 0.15) is 10.6 Å². The molecule has 1 aliphatic heterocycles. The number of nitrogens with zero attached hydrogens (tertiary/aromatic N) is 1. The summed E-state index contributed by atoms with van der Waals surface area (Å²) in [5, 5.41) is 11.0. The lowest BCUT2D eigenvalue weighted by molar-refractivity contribution is -0.146. The van der Waals surface area contributed by atoms with Crippen LogP contribution in [-0.4, -0.2) is 21.7 Å². The fourth-order valence-electron chi connectivity index (χ4n) is 3.68. The number of rotatable bonds is 2. The summed E-state index contributed by atoms with van der Waals surface area (Å²) in [7, 11) is 0. The molecule has 1 saturated carbocycles. The number of aromatic nitrogens is 1. The lowest BCUT2D eigenvalue weighted by atomic mass is 9.97. The molecule has 1 aromatic heterocycles. The molecule has 1 aliphatic carbocycles. The Kier molecular flexibility index (Phi) is 4.06. The molecule has 0 radical (unpaired) electrons. The van der Waals surface area contributed by atoms with Crippen LogP contribution in [0.2, 0.25) is 0 Å². The summed E-state index contributed by atoms with van der Waals surface area (Å²) in [5.41, 5.74) is -1.10. The van der Waals surface area contributed by atoms with Crippen molar-refractivity contribution in [3.05, 3.63) is 46.2 Å². The van der Waals surface area contributed by atoms with E-state index in [1.54, 1.807) is 6.92 Å². The van der Waals surface area contributed by atoms with Crippen molar-refractivity contribution >= 4 is 22.9 Å². The van der Waals surface area contributed by atoms with E-state index in [0.717, 1.165) is 25.0 Å². The van der Waals surface area contributed by atoms with Crippen molar-refractivity contribution in [3.63, 3.8) is 0 Å². The third kappa shape index (κ3) is 2.92. The Labute approximate surface area is 157 Å². The summed E-state index contributed by atoms with van der Waals surface area (Å²) in [6.45, 7) is 1.72. The molecule has 4 nitrogen and oxygen atoms in total. The van der Waals surface area contributed by atoms with Crippen molar-refractivity contribution in [3.8, 4) is 10.6 Å². The van der Waals surface area contributed by atoms with Crippen LogP contribution in [0.15, 0.2) is 30.0 Å². The van der Waals surface area contributed by atoms with Gasteiger partial charge in [-0.2, -0.15) is 13.2 Å². The molecule has 2 aromatic rings. The number of aliphatic hydroxyl groups is 1. The number of esters is 1. The second kappa shape index (κ2) is 6.09. The Hall–Kier alpha value is -2.35. The molecule has 0 amide bonds. The van der Waals surface area contributed by atoms with E-state index in [2.05, 4.69) is 4.98 Å². The average Bonchev–Trinajstić information content (AvgIpc) is 3.28. The first-order chi connectivity index (χ1) is 12.7. The van der Waals surface area contributed by atoms with Gasteiger partial charge >= 0.3 is 12.1 Å². The highest BCUT2D eigenvalue weighted by molar-refractivity contribution is 7.15. The first kappa shape index (κ1) is 18.0. The van der Waals surface area contributed by atoms with Gasteiger partial charge in [-0.3, -0.25) is 0 Å². The van der Waals surface area contributed by atoms with Gasteiger partial charge in [-0.05, 0) is 44.7 Å². The SMILES string of the molecule is Cc1sc(-c2cccc(C(F)(F)F)c2)nc1C1=C(O)C2(CCCC2)OC1=O. The molecule has 1 fully saturated rings. The van der Waals surface area contributed by atoms with E-state index in [0.29, 0.717) is 28.3 Å². The lowest BCUT2D eigenvalue weighted by Crippen LogP contribution is -2.27. The van der Waals surface area contributed by atoms with Gasteiger partial charge in [0, 0.05) is 10.4 Å². The molecule has 0 bridgehead atoms. The molecule has 142 valence electrons. The van der Waals surface area contributed by atoms with Gasteiger partial charge in [0.15, 0.2) is 11.4 Å². The number of carbonyl (C=O) groups excluding carboxylic acids is 1. The highest BCUT2D eigenvalue weighted by atomic mass is 32.1. The largest absolute Gasteiger partial charge is 0.507 e. The number of alkyl halides is 3. The maximum Gasteiger partial charge on any atom is 0.416 e. The zero-order valence-corrected chi connectivity index (χ0v) is 15.2. The predicted molar refractivity (Wildman–Crippen MR) is 94.1 cm³/mol. The summed E-state index contributed by atoms with van der Waals surface area (Å²) in [4.78, 5) is 17.4. The van der Waals surface area contributed by atoms with Crippen molar-refractivity contribution in [2.45, 2.75) is 44.4 Å². The summed E-state index contributed by atoms with van der Waals surface area (Å²) >= 11 is 1.18. The molecule has 2 heterocycles. The zero-order valence-electron chi connectivity index (χ0n) is 14.4. The number of benzene rings is 1. The van der Waals surface area contributed by atoms with Gasteiger partial charge in [-0.15, -0.1) is 11.3 Å². The number of halogens is 3. The third-order valence-corrected chi connectivity index (χ3v) is 6.06. The molecule has 8 heteroatoms. The van der Waals surface area contributed by atoms with Gasteiger partial charge in [0.05, 0.1) is 11.3 Å². The van der Waals surface area contributed by atoms with Crippen molar-refractivity contribution in [1.29, 1.82) is 0 Å². The second-order valence-electron chi connectivity index (χ2n) is 6.82. The fraction of sp³-hybridized carbons (Fsp3) is 0.368. The molecule has 4 rings (SSSR count). The van der Waals surface area contributed by atoms with Crippen LogP contribution < -0.4 is 0 Å². The minimum Gasteiger partial charge on any atom is -0.507 e. The normalized spacial score (nSPS) is 19.2. The van der Waals surface area contributed by atoms with Gasteiger partial charge < -0.3 is 9.84 Å². The molecular formula is C19H16F3NO3S. The van der Waals surface area contributed by atoms with E-state index in [-0.39, 0.29) is 17.0 Å². The molecule has 1 N–H and O–H groups in total. The van der Waals surface area contributed by atoms with E-state index < -0.39 is 23.3 Å². The van der Waals surface area contributed by atoms with Crippen molar-refractivity contribution in [1.82, 2.24) is 4.98 Å². The van der Waals surface area contributed by atoms with Crippen LogP contribution >= 0.6 is 11.3 Å². The number of hydrogen-bond donors (Lipinski definition) is 1. The number of aryl methyl sites for hydroxylation is 1. The maximum absolute atomic E-state index is 13.0. The van der Waals surface area contributed by atoms with Crippen LogP contribution in [0.1, 0.15) is 41.8 Å². The van der Waals surface area contributed by atoms with Crippen molar-refractivity contribution in [2.75, 3.05) is 0 Å². The van der Waals surface area contributed by atoms with Crippen LogP contribution in [-0.2, 0) is 15.7 Å². The number of aliphatic hydroxyl groups excluding tert-OH is 1. The van der Waals surface area contributed by atoms with Gasteiger partial charge in [-0.25, -0.2) is 9.78 Å². The number of carbonyl (C=O) groups is 1. The van der Waals surface area contributed by atoms with E-state index in [9.17, 15) is 23.1 Å². The highest BCUT2D eigenvalue weighted by Gasteiger charge is 2.51. The molecular weight excluding hydrogens is 379 g/mol. The van der Waals surface area contributed by atoms with Crippen LogP contribution in [0.3, 0.4) is 0 Å². The molecule has 1 spiro atoms. The Bertz CT molecular complexity index is 955. The Balaban J connectivity index is 1.77.